The van der Waals surface area contributed by atoms with Gasteiger partial charge in [0.25, 0.3) is 0 Å². The number of amidine groups is 9. The predicted molar refractivity (Wildman–Crippen MR) is 609 cm³/mol. The summed E-state index contributed by atoms with van der Waals surface area (Å²) in [5.74, 6) is 6.77. The fourth-order valence-electron chi connectivity index (χ4n) is 13.0. The summed E-state index contributed by atoms with van der Waals surface area (Å²) in [4.78, 5) is 35.5. The van der Waals surface area contributed by atoms with Crippen LogP contribution in [0.3, 0.4) is 0 Å². The highest BCUT2D eigenvalue weighted by molar-refractivity contribution is 8.15. The summed E-state index contributed by atoms with van der Waals surface area (Å²) in [6.07, 6.45) is 12.0. The number of pyridine rings is 4. The van der Waals surface area contributed by atoms with Gasteiger partial charge in [0.1, 0.15) is 11.2 Å². The SMILES string of the molecule is CC(C)(C)OC(=O)n1ccc2cc(CSC(=N)N)ccc21.CN1CN=C(SCc2ccc3ccccc3c2)NC1.Cc1ccc(CSC(=N)N)cn1.N=C(N)SCc1ccc2ccccc2c1.N=C(N)SCc1ccc2ncccc2c1.N=C(N)SCc1ccc2occc2c1.N=C(N)SCc1ccc2sccc2c1.N=C(N)SCc1cccc2cccnc12.N=C(N)SCc1cccc2cnccc12. The van der Waals surface area contributed by atoms with E-state index in [2.05, 4.69) is 163 Å². The van der Waals surface area contributed by atoms with Crippen molar-refractivity contribution in [3.8, 4) is 0 Å². The van der Waals surface area contributed by atoms with Gasteiger partial charge in [-0.25, -0.2) is 9.79 Å². The molecule has 0 atom stereocenters. The third-order valence-corrected chi connectivity index (χ3v) is 27.8. The second kappa shape index (κ2) is 56.9. The maximum atomic E-state index is 12.1. The molecule has 0 saturated carbocycles. The molecule has 722 valence electrons. The molecule has 37 heteroatoms. The molecule has 7 aromatic heterocycles. The number of aliphatic imine (C=N–C) groups is 1. The van der Waals surface area contributed by atoms with Gasteiger partial charge in [-0.3, -0.25) is 72.7 Å². The second-order valence-electron chi connectivity index (χ2n) is 31.7. The monoisotopic (exact) mass is 2050 g/mol. The first kappa shape index (κ1) is 109. The minimum Gasteiger partial charge on any atom is -0.464 e. The van der Waals surface area contributed by atoms with Crippen LogP contribution < -0.4 is 51.2 Å². The molecule has 1 aliphatic rings. The molecule has 17 aromatic rings. The zero-order valence-corrected chi connectivity index (χ0v) is 85.9. The van der Waals surface area contributed by atoms with Crippen molar-refractivity contribution < 1.29 is 13.9 Å². The number of nitrogens with zero attached hydrogens (tertiary/aromatic N) is 7. The summed E-state index contributed by atoms with van der Waals surface area (Å²) >= 11 is 14.1. The van der Waals surface area contributed by atoms with E-state index in [1.165, 1.54) is 158 Å². The highest BCUT2D eigenvalue weighted by Gasteiger charge is 2.20. The molecule has 10 aromatic carbocycles. The van der Waals surface area contributed by atoms with Crippen molar-refractivity contribution in [2.24, 2.45) is 50.9 Å². The number of furan rings is 1. The Labute approximate surface area is 856 Å². The van der Waals surface area contributed by atoms with Crippen LogP contribution in [0.25, 0.3) is 86.1 Å². The van der Waals surface area contributed by atoms with E-state index in [1.807, 2.05) is 180 Å². The zero-order valence-electron chi connectivity index (χ0n) is 77.7. The van der Waals surface area contributed by atoms with Gasteiger partial charge in [-0.2, -0.15) is 0 Å². The molecule has 0 unspecified atom stereocenters. The molecule has 8 heterocycles. The number of nitrogens with one attached hydrogen (secondary N) is 9. The van der Waals surface area contributed by atoms with E-state index >= 15 is 0 Å². The van der Waals surface area contributed by atoms with Crippen molar-refractivity contribution in [1.82, 2.24) is 34.7 Å². The molecule has 1 aliphatic heterocycles. The van der Waals surface area contributed by atoms with E-state index in [1.54, 1.807) is 54.1 Å². The van der Waals surface area contributed by atoms with Gasteiger partial charge in [-0.1, -0.05) is 270 Å². The van der Waals surface area contributed by atoms with E-state index in [-0.39, 0.29) is 47.4 Å². The summed E-state index contributed by atoms with van der Waals surface area (Å²) in [5, 5.41) is 77.7. The fraction of sp³-hybridized carbons (Fsp3) is 0.165. The van der Waals surface area contributed by atoms with Crippen LogP contribution in [0, 0.1) is 50.2 Å². The van der Waals surface area contributed by atoms with Crippen LogP contribution in [0.15, 0.2) is 313 Å². The number of nitrogens with two attached hydrogens (primary N) is 8. The summed E-state index contributed by atoms with van der Waals surface area (Å²) in [6.45, 7) is 9.13. The lowest BCUT2D eigenvalue weighted by Gasteiger charge is -2.22. The number of hydrogen-bond donors (Lipinski definition) is 17. The van der Waals surface area contributed by atoms with Crippen LogP contribution in [0.5, 0.6) is 0 Å². The number of ether oxygens (including phenoxy) is 1. The molecule has 0 fully saturated rings. The minimum absolute atomic E-state index is 0.0985. The number of hydrogen-bond acceptors (Lipinski definition) is 28. The molecule has 0 radical (unpaired) electrons. The number of aryl methyl sites for hydroxylation is 1. The molecular weight excluding hydrogens is 1940 g/mol. The average Bonchev–Trinajstić information content (AvgIpc) is 1.25. The molecule has 0 saturated heterocycles. The van der Waals surface area contributed by atoms with Gasteiger partial charge in [0, 0.05) is 126 Å². The minimum atomic E-state index is -0.522. The first-order valence-electron chi connectivity index (χ1n) is 43.3. The molecule has 0 aliphatic carbocycles. The standard InChI is InChI=1S/C15H19N3O2S.C15H17N3S.C12H12N2S.3C11H11N3S.C10H10N2OS.C10H10N2S2.C8H11N3S/c1-15(2,3)20-14(19)18-7-6-11-8-10(4-5-12(11)18)9-21-13(16)17;1-18-10-16-15(17-11-18)19-9-12-6-7-13-4-2-3-5-14(13)8-12;13-12(14)15-8-9-5-6-10-3-1-2-4-11(10)7-9;12-11(13)15-7-9-4-1-3-8-5-2-6-14-10(8)9;12-11(13)15-7-8-3-4-10-9(6-8)2-1-5-14-10;12-11(13)15-7-9-3-1-2-8-6-14-5-4-10(8)9;2*11-10(12)14-6-7-1-2-9-8(5-7)3-4-13-9;1-6-2-3-7(4-11-6)5-12-8(9)10/h4-8H,9H2,1-3H3,(H3,16,17);2-8H,9-11H2,1H3,(H,16,17);1-7H,8H2,(H3,13,14);3*1-6H,7H2,(H3,12,13);2*1-5H,6H2,(H3,11,12);2-4H,5H2,1H3,(H3,9,10). The topological polar surface area (TPSA) is 523 Å². The number of carbonyl (C=O) groups is 1. The average molecular weight is 2050 g/mol. The van der Waals surface area contributed by atoms with E-state index in [9.17, 15) is 4.79 Å². The van der Waals surface area contributed by atoms with Crippen LogP contribution in [0.1, 0.15) is 76.5 Å². The third kappa shape index (κ3) is 38.6. The molecule has 25 N–H and O–H groups in total. The molecule has 0 spiro atoms. The number of carbonyl (C=O) groups excluding carboxylic acids is 1. The number of benzene rings is 10. The van der Waals surface area contributed by atoms with Crippen LogP contribution in [-0.4, -0.2) is 108 Å². The van der Waals surface area contributed by atoms with Crippen molar-refractivity contribution >= 4 is 256 Å². The maximum absolute atomic E-state index is 12.1. The first-order valence-corrected chi connectivity index (χ1v) is 53.0. The number of aromatic nitrogens is 5. The number of fused-ring (bicyclic) bond motifs is 8. The summed E-state index contributed by atoms with van der Waals surface area (Å²) in [6, 6.07) is 85.8. The molecule has 0 bridgehead atoms. The Morgan fingerprint density at radius 1 is 0.421 bits per heavy atom. The molecule has 140 heavy (non-hydrogen) atoms. The second-order valence-corrected chi connectivity index (χ2v) is 41.7. The van der Waals surface area contributed by atoms with Crippen molar-refractivity contribution in [2.45, 2.75) is 85.1 Å². The summed E-state index contributed by atoms with van der Waals surface area (Å²) in [5.41, 5.74) is 57.0. The van der Waals surface area contributed by atoms with Gasteiger partial charge in [0.15, 0.2) is 46.5 Å². The summed E-state index contributed by atoms with van der Waals surface area (Å²) in [7, 11) is 2.06. The molecule has 18 rings (SSSR count). The van der Waals surface area contributed by atoms with Crippen LogP contribution in [-0.2, 0) is 56.5 Å². The number of thioether (sulfide) groups is 9. The lowest BCUT2D eigenvalue weighted by Crippen LogP contribution is -2.39. The smallest absolute Gasteiger partial charge is 0.418 e. The van der Waals surface area contributed by atoms with E-state index in [4.69, 9.17) is 98.3 Å². The van der Waals surface area contributed by atoms with Crippen molar-refractivity contribution in [2.75, 3.05) is 20.4 Å². The van der Waals surface area contributed by atoms with Crippen molar-refractivity contribution in [3.63, 3.8) is 0 Å². The Balaban J connectivity index is 0.000000163. The maximum Gasteiger partial charge on any atom is 0.418 e. The predicted octanol–water partition coefficient (Wildman–Crippen LogP) is 23.6. The van der Waals surface area contributed by atoms with Gasteiger partial charge in [-0.15, -0.1) is 11.3 Å². The quantitative estimate of drug-likeness (QED) is 0.0280. The van der Waals surface area contributed by atoms with E-state index < -0.39 is 5.60 Å². The zero-order chi connectivity index (χ0) is 100. The molecule has 27 nitrogen and oxygen atoms in total. The highest BCUT2D eigenvalue weighted by atomic mass is 32.2. The Hall–Kier alpha value is -13.1. The normalized spacial score (nSPS) is 11.3. The van der Waals surface area contributed by atoms with Gasteiger partial charge >= 0.3 is 6.09 Å². The first-order chi connectivity index (χ1) is 67.3. The lowest BCUT2D eigenvalue weighted by atomic mass is 10.1. The van der Waals surface area contributed by atoms with Gasteiger partial charge < -0.3 is 60.3 Å². The van der Waals surface area contributed by atoms with Crippen molar-refractivity contribution in [1.29, 1.82) is 43.3 Å². The molecule has 0 amide bonds. The van der Waals surface area contributed by atoms with E-state index in [0.717, 1.165) is 141 Å². The van der Waals surface area contributed by atoms with Crippen molar-refractivity contribution in [3.05, 3.63) is 359 Å². The summed E-state index contributed by atoms with van der Waals surface area (Å²) < 4.78 is 13.4. The van der Waals surface area contributed by atoms with Crippen LogP contribution in [0.4, 0.5) is 4.79 Å². The van der Waals surface area contributed by atoms with E-state index in [0.29, 0.717) is 11.5 Å². The Bertz CT molecular complexity index is 6820. The van der Waals surface area contributed by atoms with Crippen LogP contribution in [0.2, 0.25) is 0 Å². The lowest BCUT2D eigenvalue weighted by molar-refractivity contribution is 0.0544. The largest absolute Gasteiger partial charge is 0.464 e. The van der Waals surface area contributed by atoms with Gasteiger partial charge in [0.05, 0.1) is 36.2 Å². The Morgan fingerprint density at radius 3 is 1.45 bits per heavy atom. The number of thiophene rings is 1. The Kier molecular flexibility index (Phi) is 44.3. The van der Waals surface area contributed by atoms with Gasteiger partial charge in [-0.05, 0) is 214 Å². The third-order valence-electron chi connectivity index (χ3n) is 19.6. The Morgan fingerprint density at radius 2 is 0.886 bits per heavy atom. The van der Waals surface area contributed by atoms with Crippen LogP contribution >= 0.6 is 117 Å². The van der Waals surface area contributed by atoms with Gasteiger partial charge in [0.2, 0.25) is 0 Å². The highest BCUT2D eigenvalue weighted by Crippen LogP contribution is 2.30. The molecular formula is C103H112N24O3S10. The fourth-order valence-corrected chi connectivity index (χ4v) is 18.7. The number of para-hydroxylation sites is 1. The number of rotatable bonds is 18.